The van der Waals surface area contributed by atoms with Gasteiger partial charge in [0.1, 0.15) is 0 Å². The van der Waals surface area contributed by atoms with Crippen molar-refractivity contribution in [3.63, 3.8) is 0 Å². The lowest BCUT2D eigenvalue weighted by atomic mass is 9.75. The number of carboxylic acids is 1. The molecule has 1 aliphatic carbocycles. The van der Waals surface area contributed by atoms with Gasteiger partial charge < -0.3 is 30.3 Å². The summed E-state index contributed by atoms with van der Waals surface area (Å²) >= 11 is 0. The lowest BCUT2D eigenvalue weighted by Gasteiger charge is -2.50. The molecule has 3 aliphatic rings. The fourth-order valence-corrected chi connectivity index (χ4v) is 8.97. The van der Waals surface area contributed by atoms with Gasteiger partial charge in [-0.05, 0) is 93.0 Å². The van der Waals surface area contributed by atoms with E-state index < -0.39 is 12.3 Å². The second kappa shape index (κ2) is 20.1. The summed E-state index contributed by atoms with van der Waals surface area (Å²) in [7, 11) is 0. The van der Waals surface area contributed by atoms with Crippen molar-refractivity contribution in [2.75, 3.05) is 6.54 Å². The number of rotatable bonds is 16. The molecule has 2 aliphatic heterocycles. The average Bonchev–Trinajstić information content (AvgIpc) is 3.20. The molecule has 2 heterocycles. The average molecular weight is 782 g/mol. The summed E-state index contributed by atoms with van der Waals surface area (Å²) in [4.78, 5) is 39.7. The van der Waals surface area contributed by atoms with Crippen LogP contribution in [0.4, 0.5) is 0 Å². The molecule has 3 aromatic carbocycles. The summed E-state index contributed by atoms with van der Waals surface area (Å²) in [6.45, 7) is 7.17. The SMILES string of the molecule is CC(C)(C)NC(=O)C1CCC2CCCCC2N1CC1CC(c2ccc(CO)cc2)OC(c2ccc(-c3ccccc3CNC(=O)CCCCCCC(=O)O)cc2)O1. The highest BCUT2D eigenvalue weighted by molar-refractivity contribution is 5.82. The zero-order valence-corrected chi connectivity index (χ0v) is 34.1. The van der Waals surface area contributed by atoms with Gasteiger partial charge in [-0.1, -0.05) is 98.5 Å². The van der Waals surface area contributed by atoms with Crippen LogP contribution >= 0.6 is 0 Å². The van der Waals surface area contributed by atoms with Gasteiger partial charge in [0.25, 0.3) is 0 Å². The Kier molecular flexibility index (Phi) is 15.0. The van der Waals surface area contributed by atoms with Gasteiger partial charge in [0.2, 0.25) is 11.8 Å². The minimum absolute atomic E-state index is 0.00944. The van der Waals surface area contributed by atoms with E-state index in [4.69, 9.17) is 14.6 Å². The fourth-order valence-electron chi connectivity index (χ4n) is 8.97. The number of likely N-dealkylation sites (tertiary alicyclic amines) is 1. The number of aliphatic carboxylic acids is 1. The molecule has 0 aromatic heterocycles. The molecule has 10 heteroatoms. The fraction of sp³-hybridized carbons (Fsp3) is 0.553. The lowest BCUT2D eigenvalue weighted by molar-refractivity contribution is -0.255. The maximum atomic E-state index is 13.8. The van der Waals surface area contributed by atoms with Crippen LogP contribution in [0.1, 0.15) is 139 Å². The molecule has 2 saturated heterocycles. The van der Waals surface area contributed by atoms with Crippen molar-refractivity contribution >= 4 is 17.8 Å². The Hall–Kier alpha value is -4.09. The highest BCUT2D eigenvalue weighted by atomic mass is 16.7. The van der Waals surface area contributed by atoms with Crippen molar-refractivity contribution in [2.24, 2.45) is 5.92 Å². The Bertz CT molecular complexity index is 1770. The van der Waals surface area contributed by atoms with Gasteiger partial charge in [0.15, 0.2) is 6.29 Å². The van der Waals surface area contributed by atoms with Crippen molar-refractivity contribution < 1.29 is 34.1 Å². The topological polar surface area (TPSA) is 137 Å². The number of carboxylic acid groups (broad SMARTS) is 1. The summed E-state index contributed by atoms with van der Waals surface area (Å²) in [5.74, 6) is -0.0874. The van der Waals surface area contributed by atoms with E-state index in [1.165, 1.54) is 19.3 Å². The van der Waals surface area contributed by atoms with Crippen LogP contribution in [0.25, 0.3) is 11.1 Å². The molecule has 10 nitrogen and oxygen atoms in total. The molecule has 2 amide bonds. The van der Waals surface area contributed by atoms with Crippen LogP contribution in [0.5, 0.6) is 0 Å². The molecule has 57 heavy (non-hydrogen) atoms. The van der Waals surface area contributed by atoms with E-state index in [0.29, 0.717) is 44.3 Å². The number of amides is 2. The quantitative estimate of drug-likeness (QED) is 0.107. The van der Waals surface area contributed by atoms with Gasteiger partial charge in [-0.2, -0.15) is 0 Å². The Morgan fingerprint density at radius 3 is 2.23 bits per heavy atom. The number of fused-ring (bicyclic) bond motifs is 1. The molecule has 0 spiro atoms. The van der Waals surface area contributed by atoms with Crippen LogP contribution < -0.4 is 10.6 Å². The van der Waals surface area contributed by atoms with Crippen LogP contribution in [0.15, 0.2) is 72.8 Å². The Morgan fingerprint density at radius 2 is 1.51 bits per heavy atom. The maximum absolute atomic E-state index is 13.8. The summed E-state index contributed by atoms with van der Waals surface area (Å²) in [5, 5.41) is 24.9. The summed E-state index contributed by atoms with van der Waals surface area (Å²) < 4.78 is 13.6. The second-order valence-corrected chi connectivity index (χ2v) is 17.4. The van der Waals surface area contributed by atoms with Crippen LogP contribution in [0.2, 0.25) is 0 Å². The summed E-state index contributed by atoms with van der Waals surface area (Å²) in [5.41, 5.74) is 5.56. The number of piperidine rings is 1. The van der Waals surface area contributed by atoms with Crippen molar-refractivity contribution in [1.29, 1.82) is 0 Å². The predicted octanol–water partition coefficient (Wildman–Crippen LogP) is 8.37. The number of hydrogen-bond acceptors (Lipinski definition) is 7. The van der Waals surface area contributed by atoms with E-state index in [9.17, 15) is 19.5 Å². The summed E-state index contributed by atoms with van der Waals surface area (Å²) in [6, 6.07) is 24.5. The number of nitrogens with zero attached hydrogens (tertiary/aromatic N) is 1. The first kappa shape index (κ1) is 42.5. The number of hydrogen-bond donors (Lipinski definition) is 4. The normalized spacial score (nSPS) is 24.0. The van der Waals surface area contributed by atoms with E-state index in [1.54, 1.807) is 0 Å². The molecule has 4 N–H and O–H groups in total. The zero-order valence-electron chi connectivity index (χ0n) is 34.1. The highest BCUT2D eigenvalue weighted by Crippen LogP contribution is 2.42. The van der Waals surface area contributed by atoms with Crippen molar-refractivity contribution in [2.45, 2.75) is 154 Å². The minimum atomic E-state index is -0.779. The number of nitrogens with one attached hydrogen (secondary N) is 2. The van der Waals surface area contributed by atoms with Gasteiger partial charge in [-0.3, -0.25) is 19.3 Å². The molecule has 6 atom stereocenters. The van der Waals surface area contributed by atoms with E-state index in [0.717, 1.165) is 71.9 Å². The lowest BCUT2D eigenvalue weighted by Crippen LogP contribution is -2.61. The molecular weight excluding hydrogens is 719 g/mol. The van der Waals surface area contributed by atoms with Crippen LogP contribution in [0.3, 0.4) is 0 Å². The van der Waals surface area contributed by atoms with Crippen LogP contribution in [0, 0.1) is 5.92 Å². The molecule has 1 saturated carbocycles. The molecule has 6 rings (SSSR count). The Morgan fingerprint density at radius 1 is 0.807 bits per heavy atom. The van der Waals surface area contributed by atoms with E-state index >= 15 is 0 Å². The first-order chi connectivity index (χ1) is 27.5. The smallest absolute Gasteiger partial charge is 0.303 e. The minimum Gasteiger partial charge on any atom is -0.481 e. The molecule has 3 fully saturated rings. The van der Waals surface area contributed by atoms with Gasteiger partial charge >= 0.3 is 5.97 Å². The number of aliphatic hydroxyl groups excluding tert-OH is 1. The standard InChI is InChI=1S/C47H63N3O7/c1-47(2,3)49-45(55)41-27-26-34-12-9-11-15-40(34)50(41)30-38-28-42(35-20-18-32(31-51)19-21-35)57-46(56-38)36-24-22-33(23-25-36)39-14-10-8-13-37(39)29-48-43(52)16-6-4-5-7-17-44(53)54/h8,10,13-14,18-25,34,38,40-42,46,51H,4-7,9,11-12,15-17,26-31H2,1-3H3,(H,48,52)(H,49,55)(H,53,54). The number of aliphatic hydroxyl groups is 1. The number of carbonyl (C=O) groups is 3. The molecular formula is C47H63N3O7. The molecule has 3 aromatic rings. The largest absolute Gasteiger partial charge is 0.481 e. The van der Waals surface area contributed by atoms with Crippen molar-refractivity contribution in [1.82, 2.24) is 15.5 Å². The van der Waals surface area contributed by atoms with Crippen LogP contribution in [-0.2, 0) is 37.0 Å². The first-order valence-electron chi connectivity index (χ1n) is 21.2. The molecule has 0 bridgehead atoms. The number of unbranched alkanes of at least 4 members (excludes halogenated alkanes) is 3. The van der Waals surface area contributed by atoms with Gasteiger partial charge in [-0.25, -0.2) is 0 Å². The molecule has 6 unspecified atom stereocenters. The summed E-state index contributed by atoms with van der Waals surface area (Å²) in [6.07, 6.45) is 9.93. The van der Waals surface area contributed by atoms with E-state index in [1.807, 2.05) is 63.2 Å². The first-order valence-corrected chi connectivity index (χ1v) is 21.2. The highest BCUT2D eigenvalue weighted by Gasteiger charge is 2.44. The molecule has 308 valence electrons. The number of benzene rings is 3. The third kappa shape index (κ3) is 12.0. The van der Waals surface area contributed by atoms with Gasteiger partial charge in [0, 0.05) is 49.5 Å². The van der Waals surface area contributed by atoms with Crippen LogP contribution in [-0.4, -0.2) is 63.2 Å². The maximum Gasteiger partial charge on any atom is 0.303 e. The Labute approximate surface area is 338 Å². The Balaban J connectivity index is 1.17. The second-order valence-electron chi connectivity index (χ2n) is 17.4. The third-order valence-electron chi connectivity index (χ3n) is 11.9. The molecule has 0 radical (unpaired) electrons. The van der Waals surface area contributed by atoms with Gasteiger partial charge in [0.05, 0.1) is 24.9 Å². The van der Waals surface area contributed by atoms with E-state index in [-0.39, 0.29) is 48.6 Å². The number of ether oxygens (including phenoxy) is 2. The van der Waals surface area contributed by atoms with E-state index in [2.05, 4.69) is 45.9 Å². The zero-order chi connectivity index (χ0) is 40.4. The monoisotopic (exact) mass is 781 g/mol. The number of carbonyl (C=O) groups excluding carboxylic acids is 2. The predicted molar refractivity (Wildman–Crippen MR) is 221 cm³/mol. The van der Waals surface area contributed by atoms with Gasteiger partial charge in [-0.15, -0.1) is 0 Å². The van der Waals surface area contributed by atoms with Crippen molar-refractivity contribution in [3.8, 4) is 11.1 Å². The third-order valence-corrected chi connectivity index (χ3v) is 11.9. The van der Waals surface area contributed by atoms with Crippen molar-refractivity contribution in [3.05, 3.63) is 95.1 Å².